The lowest BCUT2D eigenvalue weighted by Gasteiger charge is -2.08. The molecule has 0 saturated heterocycles. The highest BCUT2D eigenvalue weighted by Crippen LogP contribution is 2.45. The SMILES string of the molecule is c1cc2c(cc1CSCc1nnc(C3CC3)n1C1CC1)COC2. The van der Waals surface area contributed by atoms with Crippen LogP contribution in [-0.2, 0) is 29.5 Å². The number of ether oxygens (including phenoxy) is 1. The molecule has 3 aliphatic rings. The second-order valence-corrected chi connectivity index (χ2v) is 7.92. The average Bonchev–Trinajstić information content (AvgIpc) is 3.49. The number of thioether (sulfide) groups is 1. The Kier molecular flexibility index (Phi) is 3.44. The highest BCUT2D eigenvalue weighted by atomic mass is 32.2. The third-order valence-corrected chi connectivity index (χ3v) is 5.93. The van der Waals surface area contributed by atoms with Crippen LogP contribution < -0.4 is 0 Å². The second kappa shape index (κ2) is 5.64. The second-order valence-electron chi connectivity index (χ2n) is 6.94. The molecule has 2 aromatic rings. The molecule has 1 aliphatic heterocycles. The molecule has 5 rings (SSSR count). The zero-order chi connectivity index (χ0) is 15.2. The first-order valence-electron chi connectivity index (χ1n) is 8.58. The van der Waals surface area contributed by atoms with Gasteiger partial charge in [-0.05, 0) is 42.4 Å². The van der Waals surface area contributed by atoms with E-state index in [0.717, 1.165) is 24.7 Å². The maximum Gasteiger partial charge on any atom is 0.143 e. The van der Waals surface area contributed by atoms with E-state index in [1.807, 2.05) is 11.8 Å². The van der Waals surface area contributed by atoms with E-state index >= 15 is 0 Å². The molecule has 5 heteroatoms. The normalized spacial score (nSPS) is 20.0. The topological polar surface area (TPSA) is 39.9 Å². The van der Waals surface area contributed by atoms with Crippen LogP contribution in [0.5, 0.6) is 0 Å². The van der Waals surface area contributed by atoms with E-state index in [4.69, 9.17) is 4.74 Å². The highest BCUT2D eigenvalue weighted by molar-refractivity contribution is 7.97. The molecule has 2 heterocycles. The Morgan fingerprint density at radius 3 is 2.74 bits per heavy atom. The third kappa shape index (κ3) is 2.81. The zero-order valence-electron chi connectivity index (χ0n) is 13.2. The zero-order valence-corrected chi connectivity index (χ0v) is 14.0. The molecule has 0 bridgehead atoms. The molecule has 0 spiro atoms. The van der Waals surface area contributed by atoms with Gasteiger partial charge in [0.05, 0.1) is 19.0 Å². The lowest BCUT2D eigenvalue weighted by Crippen LogP contribution is -2.04. The van der Waals surface area contributed by atoms with E-state index in [9.17, 15) is 0 Å². The molecule has 23 heavy (non-hydrogen) atoms. The van der Waals surface area contributed by atoms with Crippen molar-refractivity contribution in [2.75, 3.05) is 0 Å². The molecule has 2 aliphatic carbocycles. The van der Waals surface area contributed by atoms with Gasteiger partial charge in [-0.3, -0.25) is 0 Å². The predicted molar refractivity (Wildman–Crippen MR) is 90.2 cm³/mol. The van der Waals surface area contributed by atoms with E-state index in [-0.39, 0.29) is 0 Å². The number of nitrogens with zero attached hydrogens (tertiary/aromatic N) is 3. The molecule has 2 fully saturated rings. The maximum atomic E-state index is 5.50. The van der Waals surface area contributed by atoms with Crippen molar-refractivity contribution in [3.05, 3.63) is 46.5 Å². The summed E-state index contributed by atoms with van der Waals surface area (Å²) in [7, 11) is 0. The van der Waals surface area contributed by atoms with Gasteiger partial charge in [-0.15, -0.1) is 22.0 Å². The van der Waals surface area contributed by atoms with Crippen LogP contribution in [0.3, 0.4) is 0 Å². The van der Waals surface area contributed by atoms with Gasteiger partial charge in [-0.2, -0.15) is 0 Å². The van der Waals surface area contributed by atoms with Crippen molar-refractivity contribution in [2.24, 2.45) is 0 Å². The minimum absolute atomic E-state index is 0.688. The van der Waals surface area contributed by atoms with E-state index in [0.29, 0.717) is 12.0 Å². The van der Waals surface area contributed by atoms with Crippen LogP contribution >= 0.6 is 11.8 Å². The molecule has 0 unspecified atom stereocenters. The number of hydrogen-bond acceptors (Lipinski definition) is 4. The Morgan fingerprint density at radius 2 is 1.91 bits per heavy atom. The number of benzene rings is 1. The molecule has 1 aromatic carbocycles. The summed E-state index contributed by atoms with van der Waals surface area (Å²) in [5, 5.41) is 9.00. The van der Waals surface area contributed by atoms with Crippen LogP contribution in [0.2, 0.25) is 0 Å². The van der Waals surface area contributed by atoms with Crippen molar-refractivity contribution in [1.29, 1.82) is 0 Å². The van der Waals surface area contributed by atoms with E-state index in [2.05, 4.69) is 33.0 Å². The minimum Gasteiger partial charge on any atom is -0.372 e. The Morgan fingerprint density at radius 1 is 1.04 bits per heavy atom. The van der Waals surface area contributed by atoms with Gasteiger partial charge in [0.2, 0.25) is 0 Å². The summed E-state index contributed by atoms with van der Waals surface area (Å²) in [5.74, 6) is 5.13. The van der Waals surface area contributed by atoms with Crippen LogP contribution in [0, 0.1) is 0 Å². The van der Waals surface area contributed by atoms with Crippen molar-refractivity contribution < 1.29 is 4.74 Å². The number of hydrogen-bond donors (Lipinski definition) is 0. The summed E-state index contributed by atoms with van der Waals surface area (Å²) >= 11 is 1.95. The van der Waals surface area contributed by atoms with Gasteiger partial charge in [0, 0.05) is 17.7 Å². The Bertz CT molecular complexity index is 734. The lowest BCUT2D eigenvalue weighted by molar-refractivity contribution is 0.134. The summed E-state index contributed by atoms with van der Waals surface area (Å²) in [6.45, 7) is 1.55. The quantitative estimate of drug-likeness (QED) is 0.805. The summed E-state index contributed by atoms with van der Waals surface area (Å²) in [4.78, 5) is 0. The summed E-state index contributed by atoms with van der Waals surface area (Å²) < 4.78 is 7.95. The van der Waals surface area contributed by atoms with Crippen molar-refractivity contribution in [3.63, 3.8) is 0 Å². The molecule has 0 radical (unpaired) electrons. The Labute approximate surface area is 140 Å². The first-order valence-corrected chi connectivity index (χ1v) is 9.74. The molecule has 120 valence electrons. The van der Waals surface area contributed by atoms with Gasteiger partial charge in [-0.1, -0.05) is 18.2 Å². The fraction of sp³-hybridized carbons (Fsp3) is 0.556. The van der Waals surface area contributed by atoms with Gasteiger partial charge >= 0.3 is 0 Å². The Hall–Kier alpha value is -1.33. The Balaban J connectivity index is 1.26. The van der Waals surface area contributed by atoms with Gasteiger partial charge < -0.3 is 9.30 Å². The fourth-order valence-electron chi connectivity index (χ4n) is 3.36. The van der Waals surface area contributed by atoms with Crippen LogP contribution in [0.15, 0.2) is 18.2 Å². The van der Waals surface area contributed by atoms with E-state index < -0.39 is 0 Å². The van der Waals surface area contributed by atoms with E-state index in [1.165, 1.54) is 54.0 Å². The first-order chi connectivity index (χ1) is 11.4. The van der Waals surface area contributed by atoms with Crippen LogP contribution in [-0.4, -0.2) is 14.8 Å². The summed E-state index contributed by atoms with van der Waals surface area (Å²) in [6, 6.07) is 7.45. The van der Waals surface area contributed by atoms with E-state index in [1.54, 1.807) is 0 Å². The van der Waals surface area contributed by atoms with Crippen LogP contribution in [0.4, 0.5) is 0 Å². The smallest absolute Gasteiger partial charge is 0.143 e. The van der Waals surface area contributed by atoms with Crippen molar-refractivity contribution >= 4 is 11.8 Å². The summed E-state index contributed by atoms with van der Waals surface area (Å²) in [6.07, 6.45) is 5.21. The number of aromatic nitrogens is 3. The fourth-order valence-corrected chi connectivity index (χ4v) is 4.26. The summed E-state index contributed by atoms with van der Waals surface area (Å²) in [5.41, 5.74) is 4.10. The van der Waals surface area contributed by atoms with Gasteiger partial charge in [0.25, 0.3) is 0 Å². The van der Waals surface area contributed by atoms with Crippen molar-refractivity contribution in [3.8, 4) is 0 Å². The molecule has 0 amide bonds. The molecular weight excluding hydrogens is 306 g/mol. The third-order valence-electron chi connectivity index (χ3n) is 4.93. The molecular formula is C18H21N3OS. The maximum absolute atomic E-state index is 5.50. The highest BCUT2D eigenvalue weighted by Gasteiger charge is 2.36. The van der Waals surface area contributed by atoms with Crippen molar-refractivity contribution in [2.45, 2.75) is 62.4 Å². The standard InChI is InChI=1S/C18H21N3OS/c1-2-14-8-22-9-15(14)7-12(1)10-23-11-17-19-20-18(13-3-4-13)21(17)16-5-6-16/h1-2,7,13,16H,3-6,8-11H2. The first kappa shape index (κ1) is 14.1. The lowest BCUT2D eigenvalue weighted by atomic mass is 10.1. The van der Waals surface area contributed by atoms with Gasteiger partial charge in [0.15, 0.2) is 0 Å². The van der Waals surface area contributed by atoms with Gasteiger partial charge in [-0.25, -0.2) is 0 Å². The molecule has 2 saturated carbocycles. The largest absolute Gasteiger partial charge is 0.372 e. The number of rotatable bonds is 6. The molecule has 4 nitrogen and oxygen atoms in total. The molecule has 0 N–H and O–H groups in total. The van der Waals surface area contributed by atoms with Crippen molar-refractivity contribution in [1.82, 2.24) is 14.8 Å². The monoisotopic (exact) mass is 327 g/mol. The number of fused-ring (bicyclic) bond motifs is 1. The molecule has 1 aromatic heterocycles. The van der Waals surface area contributed by atoms with Crippen LogP contribution in [0.1, 0.15) is 66.0 Å². The minimum atomic E-state index is 0.688. The molecule has 0 atom stereocenters. The van der Waals surface area contributed by atoms with Gasteiger partial charge in [0.1, 0.15) is 11.6 Å². The van der Waals surface area contributed by atoms with Crippen LogP contribution in [0.25, 0.3) is 0 Å². The predicted octanol–water partition coefficient (Wildman–Crippen LogP) is 3.95. The average molecular weight is 327 g/mol.